The molecule has 0 aromatic rings. The number of nitrogens with zero attached hydrogens (tertiary/aromatic N) is 1. The molecule has 0 rings (SSSR count). The minimum absolute atomic E-state index is 0.00158. The summed E-state index contributed by atoms with van der Waals surface area (Å²) in [5, 5.41) is 0. The molecule has 16 heavy (non-hydrogen) atoms. The maximum Gasteiger partial charge on any atom is 0.239 e. The van der Waals surface area contributed by atoms with Crippen LogP contribution in [0.5, 0.6) is 0 Å². The lowest BCUT2D eigenvalue weighted by atomic mass is 9.99. The zero-order valence-electron chi connectivity index (χ0n) is 11.2. The van der Waals surface area contributed by atoms with Gasteiger partial charge in [-0.2, -0.15) is 0 Å². The van der Waals surface area contributed by atoms with E-state index in [4.69, 9.17) is 10.5 Å². The van der Waals surface area contributed by atoms with Crippen LogP contribution in [0.3, 0.4) is 0 Å². The SMILES string of the molecule is CC[C@H](C)[C@H](N)C(=O)N(C)CCOC(C)C. The van der Waals surface area contributed by atoms with Gasteiger partial charge in [-0.25, -0.2) is 0 Å². The van der Waals surface area contributed by atoms with E-state index in [1.807, 2.05) is 27.7 Å². The lowest BCUT2D eigenvalue weighted by molar-refractivity contribution is -0.133. The molecule has 0 aliphatic rings. The van der Waals surface area contributed by atoms with E-state index in [9.17, 15) is 4.79 Å². The highest BCUT2D eigenvalue weighted by atomic mass is 16.5. The molecule has 0 heterocycles. The van der Waals surface area contributed by atoms with Crippen molar-refractivity contribution in [3.8, 4) is 0 Å². The molecule has 0 saturated heterocycles. The second-order valence-corrected chi connectivity index (χ2v) is 4.59. The molecule has 0 unspecified atom stereocenters. The summed E-state index contributed by atoms with van der Waals surface area (Å²) in [6.45, 7) is 9.16. The van der Waals surface area contributed by atoms with Gasteiger partial charge in [0.1, 0.15) is 0 Å². The van der Waals surface area contributed by atoms with E-state index >= 15 is 0 Å². The Hall–Kier alpha value is -0.610. The minimum Gasteiger partial charge on any atom is -0.377 e. The molecular formula is C12H26N2O2. The van der Waals surface area contributed by atoms with Gasteiger partial charge in [-0.1, -0.05) is 20.3 Å². The number of carbonyl (C=O) groups is 1. The molecule has 0 spiro atoms. The summed E-state index contributed by atoms with van der Waals surface area (Å²) in [5.74, 6) is 0.225. The molecule has 4 nitrogen and oxygen atoms in total. The van der Waals surface area contributed by atoms with Crippen LogP contribution in [0.2, 0.25) is 0 Å². The van der Waals surface area contributed by atoms with Crippen molar-refractivity contribution < 1.29 is 9.53 Å². The average Bonchev–Trinajstić information content (AvgIpc) is 2.25. The topological polar surface area (TPSA) is 55.6 Å². The van der Waals surface area contributed by atoms with Crippen molar-refractivity contribution in [2.75, 3.05) is 20.2 Å². The minimum atomic E-state index is -0.394. The quantitative estimate of drug-likeness (QED) is 0.716. The van der Waals surface area contributed by atoms with E-state index in [1.54, 1.807) is 11.9 Å². The molecule has 4 heteroatoms. The molecule has 1 amide bonds. The molecule has 0 radical (unpaired) electrons. The Morgan fingerprint density at radius 2 is 1.94 bits per heavy atom. The fourth-order valence-corrected chi connectivity index (χ4v) is 1.29. The van der Waals surface area contributed by atoms with Gasteiger partial charge in [-0.05, 0) is 19.8 Å². The Bertz CT molecular complexity index is 207. The van der Waals surface area contributed by atoms with Crippen LogP contribution in [0.15, 0.2) is 0 Å². The average molecular weight is 230 g/mol. The number of rotatable bonds is 7. The van der Waals surface area contributed by atoms with Crippen molar-refractivity contribution in [2.45, 2.75) is 46.3 Å². The van der Waals surface area contributed by atoms with Crippen LogP contribution in [-0.2, 0) is 9.53 Å². The Morgan fingerprint density at radius 3 is 2.38 bits per heavy atom. The van der Waals surface area contributed by atoms with E-state index in [0.717, 1.165) is 6.42 Å². The fraction of sp³-hybridized carbons (Fsp3) is 0.917. The molecule has 0 bridgehead atoms. The largest absolute Gasteiger partial charge is 0.377 e. The van der Waals surface area contributed by atoms with Crippen LogP contribution in [0.4, 0.5) is 0 Å². The summed E-state index contributed by atoms with van der Waals surface area (Å²) < 4.78 is 5.39. The fourth-order valence-electron chi connectivity index (χ4n) is 1.29. The number of hydrogen-bond acceptors (Lipinski definition) is 3. The van der Waals surface area contributed by atoms with Crippen LogP contribution >= 0.6 is 0 Å². The van der Waals surface area contributed by atoms with Gasteiger partial charge in [0.05, 0.1) is 18.8 Å². The van der Waals surface area contributed by atoms with Crippen molar-refractivity contribution in [3.63, 3.8) is 0 Å². The summed E-state index contributed by atoms with van der Waals surface area (Å²) in [6.07, 6.45) is 1.12. The van der Waals surface area contributed by atoms with Crippen molar-refractivity contribution in [3.05, 3.63) is 0 Å². The standard InChI is InChI=1S/C12H26N2O2/c1-6-10(4)11(13)12(15)14(5)7-8-16-9(2)3/h9-11H,6-8,13H2,1-5H3/t10-,11-/m0/s1. The van der Waals surface area contributed by atoms with Crippen LogP contribution in [0.1, 0.15) is 34.1 Å². The number of amides is 1. The number of nitrogens with two attached hydrogens (primary N) is 1. The second-order valence-electron chi connectivity index (χ2n) is 4.59. The Kier molecular flexibility index (Phi) is 7.34. The van der Waals surface area contributed by atoms with E-state index < -0.39 is 6.04 Å². The van der Waals surface area contributed by atoms with E-state index in [0.29, 0.717) is 13.2 Å². The van der Waals surface area contributed by atoms with Gasteiger partial charge in [-0.3, -0.25) is 4.79 Å². The maximum atomic E-state index is 11.9. The van der Waals surface area contributed by atoms with Crippen LogP contribution in [0, 0.1) is 5.92 Å². The van der Waals surface area contributed by atoms with Crippen molar-refractivity contribution in [1.29, 1.82) is 0 Å². The van der Waals surface area contributed by atoms with E-state index in [2.05, 4.69) is 0 Å². The highest BCUT2D eigenvalue weighted by molar-refractivity contribution is 5.81. The van der Waals surface area contributed by atoms with Crippen molar-refractivity contribution in [2.24, 2.45) is 11.7 Å². The first-order valence-corrected chi connectivity index (χ1v) is 6.02. The molecule has 0 aliphatic carbocycles. The summed E-state index contributed by atoms with van der Waals surface area (Å²) in [4.78, 5) is 13.5. The van der Waals surface area contributed by atoms with Gasteiger partial charge < -0.3 is 15.4 Å². The second kappa shape index (κ2) is 7.63. The van der Waals surface area contributed by atoms with Gasteiger partial charge in [0.15, 0.2) is 0 Å². The normalized spacial score (nSPS) is 14.9. The van der Waals surface area contributed by atoms with Gasteiger partial charge in [-0.15, -0.1) is 0 Å². The molecule has 0 saturated carbocycles. The molecule has 0 fully saturated rings. The number of likely N-dealkylation sites (N-methyl/N-ethyl adjacent to an activating group) is 1. The number of ether oxygens (including phenoxy) is 1. The van der Waals surface area contributed by atoms with E-state index in [-0.39, 0.29) is 17.9 Å². The predicted molar refractivity (Wildman–Crippen MR) is 66.2 cm³/mol. The van der Waals surface area contributed by atoms with Crippen LogP contribution in [-0.4, -0.2) is 43.2 Å². The first kappa shape index (κ1) is 15.4. The van der Waals surface area contributed by atoms with Gasteiger partial charge in [0.25, 0.3) is 0 Å². The summed E-state index contributed by atoms with van der Waals surface area (Å²) in [5.41, 5.74) is 5.87. The number of hydrogen-bond donors (Lipinski definition) is 1. The Labute approximate surface area is 99.1 Å². The first-order chi connectivity index (χ1) is 7.40. The molecule has 96 valence electrons. The van der Waals surface area contributed by atoms with Crippen molar-refractivity contribution in [1.82, 2.24) is 4.90 Å². The van der Waals surface area contributed by atoms with Gasteiger partial charge in [0, 0.05) is 13.6 Å². The third-order valence-corrected chi connectivity index (χ3v) is 2.80. The Morgan fingerprint density at radius 1 is 1.38 bits per heavy atom. The lowest BCUT2D eigenvalue weighted by Crippen LogP contribution is -2.46. The molecule has 0 aromatic heterocycles. The Balaban J connectivity index is 3.98. The van der Waals surface area contributed by atoms with Crippen LogP contribution in [0.25, 0.3) is 0 Å². The molecule has 0 aliphatic heterocycles. The number of carbonyl (C=O) groups excluding carboxylic acids is 1. The summed E-state index contributed by atoms with van der Waals surface area (Å²) in [6, 6.07) is -0.394. The monoisotopic (exact) mass is 230 g/mol. The summed E-state index contributed by atoms with van der Waals surface area (Å²) >= 11 is 0. The lowest BCUT2D eigenvalue weighted by Gasteiger charge is -2.24. The maximum absolute atomic E-state index is 11.9. The molecule has 2 atom stereocenters. The van der Waals surface area contributed by atoms with Crippen LogP contribution < -0.4 is 5.73 Å². The van der Waals surface area contributed by atoms with Gasteiger partial charge in [0.2, 0.25) is 5.91 Å². The van der Waals surface area contributed by atoms with E-state index in [1.165, 1.54) is 0 Å². The zero-order valence-corrected chi connectivity index (χ0v) is 11.2. The summed E-state index contributed by atoms with van der Waals surface area (Å²) in [7, 11) is 1.77. The smallest absolute Gasteiger partial charge is 0.239 e. The third-order valence-electron chi connectivity index (χ3n) is 2.80. The molecule has 0 aromatic carbocycles. The predicted octanol–water partition coefficient (Wildman–Crippen LogP) is 1.24. The van der Waals surface area contributed by atoms with Crippen molar-refractivity contribution >= 4 is 5.91 Å². The molecule has 2 N–H and O–H groups in total. The van der Waals surface area contributed by atoms with Gasteiger partial charge >= 0.3 is 0 Å². The first-order valence-electron chi connectivity index (χ1n) is 6.02. The molecular weight excluding hydrogens is 204 g/mol. The highest BCUT2D eigenvalue weighted by Crippen LogP contribution is 2.07. The third kappa shape index (κ3) is 5.47. The highest BCUT2D eigenvalue weighted by Gasteiger charge is 2.22. The zero-order chi connectivity index (χ0) is 12.7.